The van der Waals surface area contributed by atoms with Crippen LogP contribution in [0.25, 0.3) is 0 Å². The summed E-state index contributed by atoms with van der Waals surface area (Å²) in [6.07, 6.45) is 7.67. The zero-order chi connectivity index (χ0) is 15.5. The summed E-state index contributed by atoms with van der Waals surface area (Å²) in [4.78, 5) is 0. The second-order valence-electron chi connectivity index (χ2n) is 6.37. The number of nitrogens with zero attached hydrogens (tertiary/aromatic N) is 2. The standard InChI is InChI=1S/C16H28BrN3O/c1-5-9-18-14(10-16(21-4)7-6-8-16)15-13(17)11-19-20(15)12(2)3/h11-12,14,18H,5-10H2,1-4H3. The summed E-state index contributed by atoms with van der Waals surface area (Å²) >= 11 is 3.68. The summed E-state index contributed by atoms with van der Waals surface area (Å²) in [7, 11) is 1.85. The van der Waals surface area contributed by atoms with Crippen LogP contribution < -0.4 is 5.32 Å². The Balaban J connectivity index is 2.25. The molecule has 1 fully saturated rings. The first kappa shape index (κ1) is 17.0. The van der Waals surface area contributed by atoms with Crippen LogP contribution in [-0.2, 0) is 4.74 Å². The maximum Gasteiger partial charge on any atom is 0.0699 e. The molecule has 1 aromatic heterocycles. The van der Waals surface area contributed by atoms with Crippen molar-refractivity contribution in [2.75, 3.05) is 13.7 Å². The first-order valence-electron chi connectivity index (χ1n) is 8.04. The molecule has 1 aliphatic carbocycles. The summed E-state index contributed by atoms with van der Waals surface area (Å²) in [5.74, 6) is 0. The zero-order valence-electron chi connectivity index (χ0n) is 13.7. The minimum Gasteiger partial charge on any atom is -0.378 e. The summed E-state index contributed by atoms with van der Waals surface area (Å²) < 4.78 is 9.05. The lowest BCUT2D eigenvalue weighted by molar-refractivity contribution is -0.0843. The van der Waals surface area contributed by atoms with Crippen molar-refractivity contribution < 1.29 is 4.74 Å². The van der Waals surface area contributed by atoms with Gasteiger partial charge in [-0.15, -0.1) is 0 Å². The SMILES string of the molecule is CCCNC(CC1(OC)CCC1)c1c(Br)cnn1C(C)C. The molecule has 5 heteroatoms. The number of ether oxygens (including phenoxy) is 1. The van der Waals surface area contributed by atoms with Crippen molar-refractivity contribution in [1.82, 2.24) is 15.1 Å². The monoisotopic (exact) mass is 357 g/mol. The third-order valence-electron chi connectivity index (χ3n) is 4.52. The predicted molar refractivity (Wildman–Crippen MR) is 89.6 cm³/mol. The highest BCUT2D eigenvalue weighted by Crippen LogP contribution is 2.43. The van der Waals surface area contributed by atoms with E-state index in [4.69, 9.17) is 4.74 Å². The molecule has 1 unspecified atom stereocenters. The molecule has 1 heterocycles. The first-order chi connectivity index (χ1) is 10.0. The van der Waals surface area contributed by atoms with Crippen LogP contribution in [0.1, 0.15) is 70.7 Å². The fourth-order valence-corrected chi connectivity index (χ4v) is 3.66. The van der Waals surface area contributed by atoms with E-state index in [0.29, 0.717) is 6.04 Å². The molecule has 1 atom stereocenters. The Bertz CT molecular complexity index is 449. The van der Waals surface area contributed by atoms with Gasteiger partial charge in [-0.05, 0) is 68.4 Å². The quantitative estimate of drug-likeness (QED) is 0.756. The highest BCUT2D eigenvalue weighted by atomic mass is 79.9. The second kappa shape index (κ2) is 7.25. The van der Waals surface area contributed by atoms with Crippen LogP contribution in [0.3, 0.4) is 0 Å². The van der Waals surface area contributed by atoms with Crippen molar-refractivity contribution in [2.24, 2.45) is 0 Å². The van der Waals surface area contributed by atoms with Gasteiger partial charge >= 0.3 is 0 Å². The van der Waals surface area contributed by atoms with E-state index < -0.39 is 0 Å². The van der Waals surface area contributed by atoms with E-state index in [9.17, 15) is 0 Å². The lowest BCUT2D eigenvalue weighted by atomic mass is 9.75. The van der Waals surface area contributed by atoms with E-state index >= 15 is 0 Å². The van der Waals surface area contributed by atoms with E-state index in [2.05, 4.69) is 51.8 Å². The van der Waals surface area contributed by atoms with Gasteiger partial charge < -0.3 is 10.1 Å². The fourth-order valence-electron chi connectivity index (χ4n) is 3.11. The van der Waals surface area contributed by atoms with Gasteiger partial charge in [0.1, 0.15) is 0 Å². The molecule has 1 aromatic rings. The largest absolute Gasteiger partial charge is 0.378 e. The minimum atomic E-state index is 0.0525. The highest BCUT2D eigenvalue weighted by molar-refractivity contribution is 9.10. The Labute approximate surface area is 136 Å². The van der Waals surface area contributed by atoms with E-state index in [1.54, 1.807) is 0 Å². The number of nitrogens with one attached hydrogen (secondary N) is 1. The molecule has 1 N–H and O–H groups in total. The normalized spacial score (nSPS) is 18.8. The van der Waals surface area contributed by atoms with Gasteiger partial charge in [0, 0.05) is 13.2 Å². The van der Waals surface area contributed by atoms with Crippen LogP contribution in [0, 0.1) is 0 Å². The number of methoxy groups -OCH3 is 1. The average molecular weight is 358 g/mol. The summed E-state index contributed by atoms with van der Waals surface area (Å²) in [6, 6.07) is 0.640. The number of halogens is 1. The van der Waals surface area contributed by atoms with Gasteiger partial charge in [0.05, 0.1) is 28.0 Å². The molecule has 2 rings (SSSR count). The third kappa shape index (κ3) is 3.69. The Kier molecular flexibility index (Phi) is 5.86. The Morgan fingerprint density at radius 1 is 1.48 bits per heavy atom. The smallest absolute Gasteiger partial charge is 0.0699 e. The van der Waals surface area contributed by atoms with E-state index in [1.165, 1.54) is 25.0 Å². The van der Waals surface area contributed by atoms with E-state index in [1.807, 2.05) is 13.3 Å². The molecule has 0 spiro atoms. The van der Waals surface area contributed by atoms with Crippen molar-refractivity contribution >= 4 is 15.9 Å². The summed E-state index contributed by atoms with van der Waals surface area (Å²) in [5.41, 5.74) is 1.30. The molecule has 1 saturated carbocycles. The van der Waals surface area contributed by atoms with Crippen LogP contribution >= 0.6 is 15.9 Å². The second-order valence-corrected chi connectivity index (χ2v) is 7.22. The van der Waals surface area contributed by atoms with Gasteiger partial charge in [-0.3, -0.25) is 4.68 Å². The number of aromatic nitrogens is 2. The number of rotatable bonds is 8. The molecule has 0 aromatic carbocycles. The molecule has 0 amide bonds. The Morgan fingerprint density at radius 2 is 2.19 bits per heavy atom. The van der Waals surface area contributed by atoms with Crippen molar-refractivity contribution in [3.05, 3.63) is 16.4 Å². The molecule has 120 valence electrons. The van der Waals surface area contributed by atoms with Crippen molar-refractivity contribution in [1.29, 1.82) is 0 Å². The van der Waals surface area contributed by atoms with Crippen LogP contribution in [0.4, 0.5) is 0 Å². The maximum absolute atomic E-state index is 5.84. The minimum absolute atomic E-state index is 0.0525. The number of hydrogen-bond donors (Lipinski definition) is 1. The van der Waals surface area contributed by atoms with Crippen molar-refractivity contribution in [3.8, 4) is 0 Å². The average Bonchev–Trinajstić information content (AvgIpc) is 2.80. The number of hydrogen-bond acceptors (Lipinski definition) is 3. The van der Waals surface area contributed by atoms with Gasteiger partial charge in [0.15, 0.2) is 0 Å². The zero-order valence-corrected chi connectivity index (χ0v) is 15.2. The van der Waals surface area contributed by atoms with Gasteiger partial charge in [0.2, 0.25) is 0 Å². The molecular formula is C16H28BrN3O. The van der Waals surface area contributed by atoms with Crippen LogP contribution in [0.2, 0.25) is 0 Å². The van der Waals surface area contributed by atoms with E-state index in [0.717, 1.165) is 23.9 Å². The van der Waals surface area contributed by atoms with Crippen LogP contribution in [-0.4, -0.2) is 29.0 Å². The van der Waals surface area contributed by atoms with Crippen LogP contribution in [0.5, 0.6) is 0 Å². The molecule has 21 heavy (non-hydrogen) atoms. The maximum atomic E-state index is 5.84. The Hall–Kier alpha value is -0.390. The molecule has 0 aliphatic heterocycles. The Morgan fingerprint density at radius 3 is 2.67 bits per heavy atom. The molecule has 0 bridgehead atoms. The molecule has 0 radical (unpaired) electrons. The first-order valence-corrected chi connectivity index (χ1v) is 8.83. The van der Waals surface area contributed by atoms with Crippen molar-refractivity contribution in [3.63, 3.8) is 0 Å². The summed E-state index contributed by atoms with van der Waals surface area (Å²) in [6.45, 7) is 7.57. The fraction of sp³-hybridized carbons (Fsp3) is 0.812. The summed E-state index contributed by atoms with van der Waals surface area (Å²) in [5, 5.41) is 8.23. The van der Waals surface area contributed by atoms with E-state index in [-0.39, 0.29) is 11.6 Å². The molecule has 0 saturated heterocycles. The predicted octanol–water partition coefficient (Wildman–Crippen LogP) is 4.23. The third-order valence-corrected chi connectivity index (χ3v) is 5.13. The molecular weight excluding hydrogens is 330 g/mol. The van der Waals surface area contributed by atoms with Gasteiger partial charge in [-0.2, -0.15) is 5.10 Å². The molecule has 1 aliphatic rings. The topological polar surface area (TPSA) is 39.1 Å². The van der Waals surface area contributed by atoms with Gasteiger partial charge in [0.25, 0.3) is 0 Å². The lowest BCUT2D eigenvalue weighted by Crippen LogP contribution is -2.43. The molecule has 4 nitrogen and oxygen atoms in total. The highest BCUT2D eigenvalue weighted by Gasteiger charge is 2.40. The lowest BCUT2D eigenvalue weighted by Gasteiger charge is -2.43. The van der Waals surface area contributed by atoms with Gasteiger partial charge in [-0.25, -0.2) is 0 Å². The van der Waals surface area contributed by atoms with Crippen LogP contribution in [0.15, 0.2) is 10.7 Å². The van der Waals surface area contributed by atoms with Crippen molar-refractivity contribution in [2.45, 2.75) is 70.6 Å². The van der Waals surface area contributed by atoms with Gasteiger partial charge in [-0.1, -0.05) is 6.92 Å².